The number of carbonyl (C=O) groups excluding carboxylic acids is 1. The summed E-state index contributed by atoms with van der Waals surface area (Å²) in [6, 6.07) is 2.76. The van der Waals surface area contributed by atoms with E-state index in [0.717, 1.165) is 6.42 Å². The maximum atomic E-state index is 11.9. The lowest BCUT2D eigenvalue weighted by molar-refractivity contribution is -0.117. The molecule has 0 radical (unpaired) electrons. The van der Waals surface area contributed by atoms with Crippen molar-refractivity contribution in [3.05, 3.63) is 17.2 Å². The first-order valence-electron chi connectivity index (χ1n) is 6.27. The maximum Gasteiger partial charge on any atom is 0.241 e. The second kappa shape index (κ2) is 6.12. The van der Waals surface area contributed by atoms with E-state index < -0.39 is 6.04 Å². The number of amides is 1. The second-order valence-electron chi connectivity index (χ2n) is 4.36. The first-order valence-corrected chi connectivity index (χ1v) is 6.65. The van der Waals surface area contributed by atoms with Gasteiger partial charge in [-0.2, -0.15) is 0 Å². The minimum Gasteiger partial charge on any atom is -0.486 e. The van der Waals surface area contributed by atoms with Crippen molar-refractivity contribution in [3.8, 4) is 11.5 Å². The summed E-state index contributed by atoms with van der Waals surface area (Å²) in [7, 11) is 0. The Morgan fingerprint density at radius 1 is 1.42 bits per heavy atom. The van der Waals surface area contributed by atoms with Crippen molar-refractivity contribution >= 4 is 23.2 Å². The van der Waals surface area contributed by atoms with Crippen LogP contribution in [-0.4, -0.2) is 25.2 Å². The number of halogens is 1. The molecule has 3 N–H and O–H groups in total. The number of hydrogen-bond acceptors (Lipinski definition) is 4. The smallest absolute Gasteiger partial charge is 0.241 e. The van der Waals surface area contributed by atoms with Crippen LogP contribution in [0.3, 0.4) is 0 Å². The van der Waals surface area contributed by atoms with Gasteiger partial charge in [-0.1, -0.05) is 24.9 Å². The number of nitrogens with two attached hydrogens (primary N) is 1. The lowest BCUT2D eigenvalue weighted by atomic mass is 10.1. The zero-order valence-corrected chi connectivity index (χ0v) is 11.5. The average molecular weight is 285 g/mol. The van der Waals surface area contributed by atoms with Crippen LogP contribution >= 0.6 is 11.6 Å². The zero-order valence-electron chi connectivity index (χ0n) is 10.7. The zero-order chi connectivity index (χ0) is 13.8. The van der Waals surface area contributed by atoms with Gasteiger partial charge in [0.25, 0.3) is 0 Å². The van der Waals surface area contributed by atoms with Gasteiger partial charge in [-0.3, -0.25) is 4.79 Å². The van der Waals surface area contributed by atoms with Crippen molar-refractivity contribution in [2.75, 3.05) is 18.5 Å². The Labute approximate surface area is 117 Å². The van der Waals surface area contributed by atoms with Crippen LogP contribution in [0.25, 0.3) is 0 Å². The highest BCUT2D eigenvalue weighted by Crippen LogP contribution is 2.37. The summed E-state index contributed by atoms with van der Waals surface area (Å²) in [5, 5.41) is 3.12. The predicted molar refractivity (Wildman–Crippen MR) is 74.0 cm³/mol. The predicted octanol–water partition coefficient (Wildman–Crippen LogP) is 2.18. The molecule has 1 amide bonds. The van der Waals surface area contributed by atoms with Gasteiger partial charge in [-0.15, -0.1) is 0 Å². The summed E-state index contributed by atoms with van der Waals surface area (Å²) >= 11 is 6.10. The van der Waals surface area contributed by atoms with Crippen molar-refractivity contribution in [2.45, 2.75) is 25.8 Å². The average Bonchev–Trinajstić information content (AvgIpc) is 2.39. The minimum absolute atomic E-state index is 0.250. The summed E-state index contributed by atoms with van der Waals surface area (Å²) in [6.07, 6.45) is 1.48. The molecule has 0 saturated carbocycles. The molecule has 1 aromatic carbocycles. The fourth-order valence-corrected chi connectivity index (χ4v) is 2.03. The molecule has 104 valence electrons. The summed E-state index contributed by atoms with van der Waals surface area (Å²) in [5.74, 6) is 0.919. The molecule has 0 spiro atoms. The Bertz CT molecular complexity index is 479. The molecule has 19 heavy (non-hydrogen) atoms. The van der Waals surface area contributed by atoms with Gasteiger partial charge in [-0.05, 0) is 6.42 Å². The van der Waals surface area contributed by atoms with E-state index in [4.69, 9.17) is 26.8 Å². The van der Waals surface area contributed by atoms with E-state index in [1.165, 1.54) is 0 Å². The number of rotatable bonds is 4. The van der Waals surface area contributed by atoms with Gasteiger partial charge in [0, 0.05) is 12.1 Å². The van der Waals surface area contributed by atoms with Crippen molar-refractivity contribution in [1.82, 2.24) is 0 Å². The van der Waals surface area contributed by atoms with Crippen molar-refractivity contribution in [2.24, 2.45) is 5.73 Å². The highest BCUT2D eigenvalue weighted by Gasteiger charge is 2.18. The standard InChI is InChI=1S/C13H17ClN2O3/c1-2-3-9(15)13(17)16-10-7-12-11(6-8(10)14)18-4-5-19-12/h6-7,9H,2-5,15H2,1H3,(H,16,17)/t9-/m0/s1. The molecular formula is C13H17ClN2O3. The van der Waals surface area contributed by atoms with Gasteiger partial charge in [0.1, 0.15) is 13.2 Å². The highest BCUT2D eigenvalue weighted by atomic mass is 35.5. The molecular weight excluding hydrogens is 268 g/mol. The van der Waals surface area contributed by atoms with Crippen LogP contribution in [0.5, 0.6) is 11.5 Å². The van der Waals surface area contributed by atoms with E-state index >= 15 is 0 Å². The van der Waals surface area contributed by atoms with Crippen LogP contribution in [0.2, 0.25) is 5.02 Å². The van der Waals surface area contributed by atoms with Gasteiger partial charge in [0.15, 0.2) is 11.5 Å². The highest BCUT2D eigenvalue weighted by molar-refractivity contribution is 6.34. The number of fused-ring (bicyclic) bond motifs is 1. The summed E-state index contributed by atoms with van der Waals surface area (Å²) in [5.41, 5.74) is 6.24. The van der Waals surface area contributed by atoms with Crippen LogP contribution in [0.1, 0.15) is 19.8 Å². The van der Waals surface area contributed by atoms with E-state index in [2.05, 4.69) is 5.32 Å². The monoisotopic (exact) mass is 284 g/mol. The van der Waals surface area contributed by atoms with Crippen molar-refractivity contribution < 1.29 is 14.3 Å². The molecule has 0 fully saturated rings. The SMILES string of the molecule is CCC[C@H](N)C(=O)Nc1cc2c(cc1Cl)OCCO2. The molecule has 0 aliphatic carbocycles. The van der Waals surface area contributed by atoms with E-state index in [9.17, 15) is 4.79 Å². The number of nitrogens with one attached hydrogen (secondary N) is 1. The van der Waals surface area contributed by atoms with Gasteiger partial charge < -0.3 is 20.5 Å². The molecule has 1 aliphatic heterocycles. The summed E-state index contributed by atoms with van der Waals surface area (Å²) < 4.78 is 10.8. The topological polar surface area (TPSA) is 73.6 Å². The lowest BCUT2D eigenvalue weighted by Crippen LogP contribution is -2.35. The fourth-order valence-electron chi connectivity index (χ4n) is 1.83. The first kappa shape index (κ1) is 14.0. The van der Waals surface area contributed by atoms with E-state index in [1.54, 1.807) is 12.1 Å². The third-order valence-electron chi connectivity index (χ3n) is 2.83. The van der Waals surface area contributed by atoms with Crippen molar-refractivity contribution in [1.29, 1.82) is 0 Å². The number of ether oxygens (including phenoxy) is 2. The van der Waals surface area contributed by atoms with Gasteiger partial charge in [-0.25, -0.2) is 0 Å². The maximum absolute atomic E-state index is 11.9. The van der Waals surface area contributed by atoms with Crippen LogP contribution in [-0.2, 0) is 4.79 Å². The lowest BCUT2D eigenvalue weighted by Gasteiger charge is -2.20. The summed E-state index contributed by atoms with van der Waals surface area (Å²) in [6.45, 7) is 2.96. The Kier molecular flexibility index (Phi) is 4.50. The third-order valence-corrected chi connectivity index (χ3v) is 3.14. The molecule has 2 rings (SSSR count). The molecule has 5 nitrogen and oxygen atoms in total. The normalized spacial score (nSPS) is 14.9. The molecule has 0 aromatic heterocycles. The molecule has 1 atom stereocenters. The fraction of sp³-hybridized carbons (Fsp3) is 0.462. The van der Waals surface area contributed by atoms with Crippen LogP contribution in [0, 0.1) is 0 Å². The molecule has 6 heteroatoms. The Morgan fingerprint density at radius 2 is 2.05 bits per heavy atom. The number of carbonyl (C=O) groups is 1. The van der Waals surface area contributed by atoms with E-state index in [-0.39, 0.29) is 5.91 Å². The van der Waals surface area contributed by atoms with E-state index in [0.29, 0.717) is 41.8 Å². The molecule has 1 heterocycles. The number of hydrogen-bond donors (Lipinski definition) is 2. The molecule has 0 bridgehead atoms. The van der Waals surface area contributed by atoms with Crippen LogP contribution in [0.4, 0.5) is 5.69 Å². The number of anilines is 1. The summed E-state index contributed by atoms with van der Waals surface area (Å²) in [4.78, 5) is 11.9. The number of benzene rings is 1. The Morgan fingerprint density at radius 3 is 2.68 bits per heavy atom. The van der Waals surface area contributed by atoms with Crippen molar-refractivity contribution in [3.63, 3.8) is 0 Å². The van der Waals surface area contributed by atoms with E-state index in [1.807, 2.05) is 6.92 Å². The molecule has 0 unspecified atom stereocenters. The van der Waals surface area contributed by atoms with Gasteiger partial charge in [0.05, 0.1) is 16.8 Å². The Hall–Kier alpha value is -1.46. The largest absolute Gasteiger partial charge is 0.486 e. The minimum atomic E-state index is -0.533. The quantitative estimate of drug-likeness (QED) is 0.889. The second-order valence-corrected chi connectivity index (χ2v) is 4.77. The third kappa shape index (κ3) is 3.30. The molecule has 0 saturated heterocycles. The van der Waals surface area contributed by atoms with Gasteiger partial charge in [0.2, 0.25) is 5.91 Å². The van der Waals surface area contributed by atoms with Gasteiger partial charge >= 0.3 is 0 Å². The first-order chi connectivity index (χ1) is 9.11. The molecule has 1 aromatic rings. The Balaban J connectivity index is 2.14. The molecule has 1 aliphatic rings. The van der Waals surface area contributed by atoms with Crippen LogP contribution in [0.15, 0.2) is 12.1 Å². The van der Waals surface area contributed by atoms with Crippen LogP contribution < -0.4 is 20.5 Å².